The van der Waals surface area contributed by atoms with Crippen LogP contribution < -0.4 is 0 Å². The number of aliphatic imine (C=N–C) groups is 1. The highest BCUT2D eigenvalue weighted by Crippen LogP contribution is 2.09. The average Bonchev–Trinajstić information content (AvgIpc) is 2.53. The minimum Gasteiger partial charge on any atom is -0.406 e. The van der Waals surface area contributed by atoms with Crippen LogP contribution in [0, 0.1) is 6.92 Å². The second-order valence-electron chi connectivity index (χ2n) is 2.96. The minimum atomic E-state index is -0.282. The number of hydrogen-bond acceptors (Lipinski definition) is 3. The molecule has 0 saturated heterocycles. The van der Waals surface area contributed by atoms with Crippen LogP contribution in [0.3, 0.4) is 0 Å². The lowest BCUT2D eigenvalue weighted by Crippen LogP contribution is -2.05. The molecule has 0 aliphatic carbocycles. The van der Waals surface area contributed by atoms with Gasteiger partial charge in [0.1, 0.15) is 6.54 Å². The number of carbonyl (C=O) groups is 1. The van der Waals surface area contributed by atoms with Gasteiger partial charge in [0, 0.05) is 5.56 Å². The molecule has 0 spiro atoms. The lowest BCUT2D eigenvalue weighted by atomic mass is 10.1. The Kier molecular flexibility index (Phi) is 1.85. The summed E-state index contributed by atoms with van der Waals surface area (Å²) in [7, 11) is 0. The smallest absolute Gasteiger partial charge is 0.334 e. The van der Waals surface area contributed by atoms with Crippen LogP contribution in [0.15, 0.2) is 29.3 Å². The molecule has 0 aromatic heterocycles. The summed E-state index contributed by atoms with van der Waals surface area (Å²) in [6, 6.07) is 7.72. The third kappa shape index (κ3) is 1.59. The Morgan fingerprint density at radius 1 is 1.31 bits per heavy atom. The summed E-state index contributed by atoms with van der Waals surface area (Å²) in [6.45, 7) is 2.15. The van der Waals surface area contributed by atoms with Crippen molar-refractivity contribution in [2.45, 2.75) is 6.92 Å². The zero-order chi connectivity index (χ0) is 9.26. The molecule has 66 valence electrons. The van der Waals surface area contributed by atoms with Crippen molar-refractivity contribution in [3.63, 3.8) is 0 Å². The quantitative estimate of drug-likeness (QED) is 0.603. The maximum atomic E-state index is 10.8. The van der Waals surface area contributed by atoms with Crippen molar-refractivity contribution >= 4 is 11.9 Å². The zero-order valence-electron chi connectivity index (χ0n) is 7.28. The van der Waals surface area contributed by atoms with Gasteiger partial charge in [0.05, 0.1) is 0 Å². The molecule has 1 aromatic carbocycles. The van der Waals surface area contributed by atoms with Crippen LogP contribution in [0.25, 0.3) is 0 Å². The Bertz CT molecular complexity index is 365. The standard InChI is InChI=1S/C10H9NO2/c1-7-2-4-8(5-3-7)10-11-6-9(12)13-10/h2-5H,6H2,1H3. The predicted octanol–water partition coefficient (Wildman–Crippen LogP) is 1.30. The van der Waals surface area contributed by atoms with E-state index in [4.69, 9.17) is 4.74 Å². The molecular weight excluding hydrogens is 166 g/mol. The summed E-state index contributed by atoms with van der Waals surface area (Å²) in [5, 5.41) is 0. The van der Waals surface area contributed by atoms with Gasteiger partial charge in [-0.2, -0.15) is 0 Å². The monoisotopic (exact) mass is 175 g/mol. The molecule has 3 heteroatoms. The topological polar surface area (TPSA) is 38.7 Å². The molecule has 2 rings (SSSR count). The Morgan fingerprint density at radius 3 is 2.54 bits per heavy atom. The third-order valence-corrected chi connectivity index (χ3v) is 1.86. The van der Waals surface area contributed by atoms with Crippen molar-refractivity contribution in [3.8, 4) is 0 Å². The van der Waals surface area contributed by atoms with Crippen LogP contribution in [0.4, 0.5) is 0 Å². The van der Waals surface area contributed by atoms with Crippen molar-refractivity contribution in [2.24, 2.45) is 4.99 Å². The molecule has 0 atom stereocenters. The maximum Gasteiger partial charge on any atom is 0.334 e. The van der Waals surface area contributed by atoms with Gasteiger partial charge in [0.2, 0.25) is 5.90 Å². The first kappa shape index (κ1) is 7.98. The molecule has 0 fully saturated rings. The van der Waals surface area contributed by atoms with Gasteiger partial charge in [-0.25, -0.2) is 9.79 Å². The van der Waals surface area contributed by atoms with Crippen LogP contribution >= 0.6 is 0 Å². The second kappa shape index (κ2) is 3.01. The highest BCUT2D eigenvalue weighted by molar-refractivity contribution is 6.04. The van der Waals surface area contributed by atoms with Gasteiger partial charge in [0.25, 0.3) is 0 Å². The Hall–Kier alpha value is -1.64. The number of ether oxygens (including phenoxy) is 1. The van der Waals surface area contributed by atoms with Gasteiger partial charge in [-0.3, -0.25) is 0 Å². The fourth-order valence-electron chi connectivity index (χ4n) is 1.16. The molecule has 0 amide bonds. The van der Waals surface area contributed by atoms with E-state index in [-0.39, 0.29) is 12.5 Å². The molecule has 3 nitrogen and oxygen atoms in total. The molecule has 0 saturated carbocycles. The van der Waals surface area contributed by atoms with Gasteiger partial charge in [-0.15, -0.1) is 0 Å². The number of nitrogens with zero attached hydrogens (tertiary/aromatic N) is 1. The second-order valence-corrected chi connectivity index (χ2v) is 2.96. The van der Waals surface area contributed by atoms with Crippen molar-refractivity contribution in [2.75, 3.05) is 6.54 Å². The highest BCUT2D eigenvalue weighted by atomic mass is 16.6. The molecule has 13 heavy (non-hydrogen) atoms. The molecule has 0 bridgehead atoms. The van der Waals surface area contributed by atoms with Crippen molar-refractivity contribution in [1.82, 2.24) is 0 Å². The molecule has 1 aromatic rings. The van der Waals surface area contributed by atoms with Crippen LogP contribution in [0.2, 0.25) is 0 Å². The van der Waals surface area contributed by atoms with Crippen LogP contribution in [0.5, 0.6) is 0 Å². The summed E-state index contributed by atoms with van der Waals surface area (Å²) in [4.78, 5) is 14.7. The molecule has 0 unspecified atom stereocenters. The van der Waals surface area contributed by atoms with Crippen molar-refractivity contribution < 1.29 is 9.53 Å². The first-order valence-electron chi connectivity index (χ1n) is 4.08. The summed E-state index contributed by atoms with van der Waals surface area (Å²) < 4.78 is 4.90. The summed E-state index contributed by atoms with van der Waals surface area (Å²) in [5.41, 5.74) is 2.03. The third-order valence-electron chi connectivity index (χ3n) is 1.86. The maximum absolute atomic E-state index is 10.8. The van der Waals surface area contributed by atoms with Gasteiger partial charge in [-0.05, 0) is 19.1 Å². The zero-order valence-corrected chi connectivity index (χ0v) is 7.28. The van der Waals surface area contributed by atoms with E-state index in [9.17, 15) is 4.79 Å². The molecule has 1 aliphatic rings. The Morgan fingerprint density at radius 2 is 2.00 bits per heavy atom. The van der Waals surface area contributed by atoms with Crippen LogP contribution in [-0.4, -0.2) is 18.4 Å². The first-order valence-corrected chi connectivity index (χ1v) is 4.08. The average molecular weight is 175 g/mol. The highest BCUT2D eigenvalue weighted by Gasteiger charge is 2.17. The van der Waals surface area contributed by atoms with E-state index in [2.05, 4.69) is 4.99 Å². The normalized spacial score (nSPS) is 15.5. The van der Waals surface area contributed by atoms with E-state index in [1.807, 2.05) is 31.2 Å². The summed E-state index contributed by atoms with van der Waals surface area (Å²) in [5.74, 6) is 0.153. The van der Waals surface area contributed by atoms with Crippen LogP contribution in [0.1, 0.15) is 11.1 Å². The van der Waals surface area contributed by atoms with E-state index in [1.54, 1.807) is 0 Å². The Labute approximate surface area is 76.1 Å². The van der Waals surface area contributed by atoms with Gasteiger partial charge in [-0.1, -0.05) is 17.7 Å². The van der Waals surface area contributed by atoms with E-state index in [1.165, 1.54) is 5.56 Å². The SMILES string of the molecule is Cc1ccc(C2=NCC(=O)O2)cc1. The fourth-order valence-corrected chi connectivity index (χ4v) is 1.16. The number of carbonyl (C=O) groups excluding carboxylic acids is 1. The fraction of sp³-hybridized carbons (Fsp3) is 0.200. The summed E-state index contributed by atoms with van der Waals surface area (Å²) >= 11 is 0. The van der Waals surface area contributed by atoms with Crippen molar-refractivity contribution in [3.05, 3.63) is 35.4 Å². The van der Waals surface area contributed by atoms with E-state index in [0.717, 1.165) is 5.56 Å². The van der Waals surface area contributed by atoms with Crippen molar-refractivity contribution in [1.29, 1.82) is 0 Å². The van der Waals surface area contributed by atoms with Gasteiger partial charge < -0.3 is 4.74 Å². The van der Waals surface area contributed by atoms with Gasteiger partial charge in [0.15, 0.2) is 0 Å². The van der Waals surface area contributed by atoms with E-state index >= 15 is 0 Å². The summed E-state index contributed by atoms with van der Waals surface area (Å²) in [6.07, 6.45) is 0. The number of esters is 1. The van der Waals surface area contributed by atoms with Gasteiger partial charge >= 0.3 is 5.97 Å². The molecular formula is C10H9NO2. The lowest BCUT2D eigenvalue weighted by molar-refractivity contribution is -0.132. The number of cyclic esters (lactones) is 1. The number of hydrogen-bond donors (Lipinski definition) is 0. The van der Waals surface area contributed by atoms with E-state index in [0.29, 0.717) is 5.90 Å². The molecule has 1 heterocycles. The number of aryl methyl sites for hydroxylation is 1. The van der Waals surface area contributed by atoms with Crippen LogP contribution in [-0.2, 0) is 9.53 Å². The molecule has 0 radical (unpaired) electrons. The predicted molar refractivity (Wildman–Crippen MR) is 48.7 cm³/mol. The number of rotatable bonds is 1. The number of benzene rings is 1. The van der Waals surface area contributed by atoms with E-state index < -0.39 is 0 Å². The lowest BCUT2D eigenvalue weighted by Gasteiger charge is -1.99. The minimum absolute atomic E-state index is 0.142. The first-order chi connectivity index (χ1) is 6.25. The largest absolute Gasteiger partial charge is 0.406 e. The molecule has 1 aliphatic heterocycles. The molecule has 0 N–H and O–H groups in total. The Balaban J connectivity index is 2.27.